The molecule has 1 aliphatic heterocycles. The van der Waals surface area contributed by atoms with Crippen LogP contribution in [-0.2, 0) is 4.79 Å². The first-order valence-corrected chi connectivity index (χ1v) is 13.7. The van der Waals surface area contributed by atoms with Crippen molar-refractivity contribution in [2.24, 2.45) is 5.92 Å². The number of para-hydroxylation sites is 1. The molecule has 1 aliphatic rings. The number of amides is 1. The van der Waals surface area contributed by atoms with E-state index in [0.717, 1.165) is 36.6 Å². The number of ether oxygens (including phenoxy) is 1. The fourth-order valence-corrected chi connectivity index (χ4v) is 4.99. The van der Waals surface area contributed by atoms with E-state index in [-0.39, 0.29) is 17.9 Å². The van der Waals surface area contributed by atoms with Crippen molar-refractivity contribution >= 4 is 11.6 Å². The fraction of sp³-hybridized carbons (Fsp3) is 0.406. The van der Waals surface area contributed by atoms with E-state index in [1.165, 1.54) is 24.1 Å². The summed E-state index contributed by atoms with van der Waals surface area (Å²) in [6.07, 6.45) is 2.33. The summed E-state index contributed by atoms with van der Waals surface area (Å²) in [6, 6.07) is 26.5. The molecule has 0 radical (unpaired) electrons. The summed E-state index contributed by atoms with van der Waals surface area (Å²) in [5, 5.41) is 10.4. The molecule has 0 fully saturated rings. The second-order valence-corrected chi connectivity index (χ2v) is 10.3. The highest BCUT2D eigenvalue weighted by Crippen LogP contribution is 2.30. The van der Waals surface area contributed by atoms with Crippen LogP contribution in [-0.4, -0.2) is 32.1 Å². The van der Waals surface area contributed by atoms with Gasteiger partial charge in [-0.2, -0.15) is 0 Å². The van der Waals surface area contributed by atoms with Gasteiger partial charge in [0.15, 0.2) is 0 Å². The van der Waals surface area contributed by atoms with Gasteiger partial charge in [0.1, 0.15) is 5.75 Å². The number of benzene rings is 3. The highest BCUT2D eigenvalue weighted by molar-refractivity contribution is 5.83. The molecule has 3 aromatic rings. The minimum absolute atomic E-state index is 0.0274. The van der Waals surface area contributed by atoms with Gasteiger partial charge in [-0.3, -0.25) is 4.79 Å². The summed E-state index contributed by atoms with van der Waals surface area (Å²) in [5.74, 6) is 1.63. The Balaban J connectivity index is 1.41. The molecule has 1 heterocycles. The molecule has 5 heteroatoms. The Hall–Kier alpha value is -3.31. The molecule has 0 aromatic heterocycles. The Bertz CT molecular complexity index is 1120. The van der Waals surface area contributed by atoms with Gasteiger partial charge in [-0.25, -0.2) is 0 Å². The predicted octanol–water partition coefficient (Wildman–Crippen LogP) is 6.26. The van der Waals surface area contributed by atoms with Crippen LogP contribution in [0.3, 0.4) is 0 Å². The maximum absolute atomic E-state index is 13.2. The number of fused-ring (bicyclic) bond motifs is 1. The lowest BCUT2D eigenvalue weighted by atomic mass is 9.98. The normalized spacial score (nSPS) is 16.8. The topological polar surface area (TPSA) is 62.4 Å². The van der Waals surface area contributed by atoms with Crippen molar-refractivity contribution in [2.75, 3.05) is 31.6 Å². The first-order valence-electron chi connectivity index (χ1n) is 13.7. The van der Waals surface area contributed by atoms with Gasteiger partial charge in [-0.15, -0.1) is 0 Å². The summed E-state index contributed by atoms with van der Waals surface area (Å²) >= 11 is 0. The molecule has 0 saturated heterocycles. The van der Waals surface area contributed by atoms with Crippen molar-refractivity contribution in [3.8, 4) is 5.75 Å². The van der Waals surface area contributed by atoms with E-state index in [9.17, 15) is 4.79 Å². The van der Waals surface area contributed by atoms with Gasteiger partial charge in [0.25, 0.3) is 0 Å². The number of nitrogens with one attached hydrogen (secondary N) is 3. The summed E-state index contributed by atoms with van der Waals surface area (Å²) in [5.41, 5.74) is 4.66. The largest absolute Gasteiger partial charge is 0.493 e. The van der Waals surface area contributed by atoms with Crippen molar-refractivity contribution in [3.63, 3.8) is 0 Å². The zero-order chi connectivity index (χ0) is 26.0. The third-order valence-electron chi connectivity index (χ3n) is 7.29. The molecule has 0 spiro atoms. The highest BCUT2D eigenvalue weighted by atomic mass is 16.5. The zero-order valence-electron chi connectivity index (χ0n) is 22.4. The molecular weight excluding hydrogens is 458 g/mol. The third-order valence-corrected chi connectivity index (χ3v) is 7.29. The highest BCUT2D eigenvalue weighted by Gasteiger charge is 2.23. The molecule has 4 atom stereocenters. The van der Waals surface area contributed by atoms with Gasteiger partial charge in [-0.05, 0) is 54.2 Å². The van der Waals surface area contributed by atoms with Crippen LogP contribution < -0.4 is 20.7 Å². The van der Waals surface area contributed by atoms with E-state index in [0.29, 0.717) is 18.4 Å². The number of carbonyl (C=O) groups is 1. The van der Waals surface area contributed by atoms with Crippen LogP contribution in [0.4, 0.5) is 5.69 Å². The first kappa shape index (κ1) is 26.7. The van der Waals surface area contributed by atoms with Gasteiger partial charge >= 0.3 is 0 Å². The first-order chi connectivity index (χ1) is 18.0. The van der Waals surface area contributed by atoms with E-state index in [4.69, 9.17) is 4.74 Å². The molecule has 5 nitrogen and oxygen atoms in total. The molecule has 3 N–H and O–H groups in total. The summed E-state index contributed by atoms with van der Waals surface area (Å²) in [7, 11) is 0. The van der Waals surface area contributed by atoms with E-state index in [1.54, 1.807) is 0 Å². The predicted molar refractivity (Wildman–Crippen MR) is 152 cm³/mol. The lowest BCUT2D eigenvalue weighted by Crippen LogP contribution is -2.38. The maximum atomic E-state index is 13.2. The van der Waals surface area contributed by atoms with Crippen molar-refractivity contribution in [2.45, 2.75) is 51.5 Å². The molecule has 1 amide bonds. The molecular formula is C32H41N3O2. The number of rotatable bonds is 13. The summed E-state index contributed by atoms with van der Waals surface area (Å²) in [4.78, 5) is 13.2. The van der Waals surface area contributed by atoms with Crippen LogP contribution in [0.5, 0.6) is 5.75 Å². The maximum Gasteiger partial charge on any atom is 0.227 e. The fourth-order valence-electron chi connectivity index (χ4n) is 4.99. The Morgan fingerprint density at radius 1 is 0.973 bits per heavy atom. The standard InChI is InChI=1S/C32H41N3O2/c1-4-10-23(2)22-37-28-17-15-26(16-18-28)31(35-32(36)24(3)25-11-6-5-7-12-25)21-33-19-27-20-34-30-14-9-8-13-29(27)30/h5-9,11-18,23-24,27,31,33-34H,4,10,19-22H2,1-3H3,(H,35,36)/t23?,24-,27?,31-/m0/s1. The molecule has 0 bridgehead atoms. The Kier molecular flexibility index (Phi) is 9.61. The lowest BCUT2D eigenvalue weighted by molar-refractivity contribution is -0.123. The zero-order valence-corrected chi connectivity index (χ0v) is 22.4. The summed E-state index contributed by atoms with van der Waals surface area (Å²) in [6.45, 7) is 9.54. The Labute approximate surface area is 222 Å². The Morgan fingerprint density at radius 2 is 1.70 bits per heavy atom. The smallest absolute Gasteiger partial charge is 0.227 e. The molecule has 4 rings (SSSR count). The third kappa shape index (κ3) is 7.36. The molecule has 3 aromatic carbocycles. The van der Waals surface area contributed by atoms with Gasteiger partial charge < -0.3 is 20.7 Å². The number of carbonyl (C=O) groups excluding carboxylic acids is 1. The average Bonchev–Trinajstić information content (AvgIpc) is 3.35. The van der Waals surface area contributed by atoms with Crippen LogP contribution in [0.15, 0.2) is 78.9 Å². The molecule has 0 saturated carbocycles. The molecule has 0 aliphatic carbocycles. The van der Waals surface area contributed by atoms with Crippen molar-refractivity contribution < 1.29 is 9.53 Å². The quantitative estimate of drug-likeness (QED) is 0.260. The van der Waals surface area contributed by atoms with E-state index >= 15 is 0 Å². The number of hydrogen-bond acceptors (Lipinski definition) is 4. The van der Waals surface area contributed by atoms with Gasteiger partial charge in [0, 0.05) is 31.2 Å². The van der Waals surface area contributed by atoms with Crippen LogP contribution in [0.25, 0.3) is 0 Å². The van der Waals surface area contributed by atoms with Crippen LogP contribution >= 0.6 is 0 Å². The van der Waals surface area contributed by atoms with E-state index in [2.05, 4.69) is 66.2 Å². The number of hydrogen-bond donors (Lipinski definition) is 3. The van der Waals surface area contributed by atoms with Crippen LogP contribution in [0, 0.1) is 5.92 Å². The van der Waals surface area contributed by atoms with Gasteiger partial charge in [0.05, 0.1) is 18.6 Å². The van der Waals surface area contributed by atoms with E-state index in [1.807, 2.05) is 49.4 Å². The monoisotopic (exact) mass is 499 g/mol. The minimum atomic E-state index is -0.225. The van der Waals surface area contributed by atoms with Gasteiger partial charge in [0.2, 0.25) is 5.91 Å². The molecule has 196 valence electrons. The number of anilines is 1. The second-order valence-electron chi connectivity index (χ2n) is 10.3. The van der Waals surface area contributed by atoms with Gasteiger partial charge in [-0.1, -0.05) is 80.9 Å². The summed E-state index contributed by atoms with van der Waals surface area (Å²) < 4.78 is 6.00. The van der Waals surface area contributed by atoms with Crippen LogP contribution in [0.2, 0.25) is 0 Å². The minimum Gasteiger partial charge on any atom is -0.493 e. The van der Waals surface area contributed by atoms with Crippen molar-refractivity contribution in [1.29, 1.82) is 0 Å². The Morgan fingerprint density at radius 3 is 2.46 bits per heavy atom. The molecule has 2 unspecified atom stereocenters. The van der Waals surface area contributed by atoms with E-state index < -0.39 is 0 Å². The van der Waals surface area contributed by atoms with Crippen molar-refractivity contribution in [1.82, 2.24) is 10.6 Å². The van der Waals surface area contributed by atoms with Crippen LogP contribution in [0.1, 0.15) is 68.2 Å². The second kappa shape index (κ2) is 13.3. The SMILES string of the molecule is CCCC(C)COc1ccc([C@H](CNCC2CNc3ccccc32)NC(=O)[C@@H](C)c2ccccc2)cc1. The average molecular weight is 500 g/mol. The van der Waals surface area contributed by atoms with Crippen molar-refractivity contribution in [3.05, 3.63) is 95.6 Å². The molecule has 37 heavy (non-hydrogen) atoms. The lowest BCUT2D eigenvalue weighted by Gasteiger charge is -2.23.